The topological polar surface area (TPSA) is 92.5 Å². The van der Waals surface area contributed by atoms with Gasteiger partial charge < -0.3 is 15.2 Å². The van der Waals surface area contributed by atoms with E-state index >= 15 is 0 Å². The van der Waals surface area contributed by atoms with Crippen LogP contribution in [-0.2, 0) is 24.4 Å². The van der Waals surface area contributed by atoms with Crippen LogP contribution in [0.4, 0.5) is 19.3 Å². The fourth-order valence-corrected chi connectivity index (χ4v) is 3.92. The number of carbonyl (C=O) groups excluding carboxylic acids is 1. The fourth-order valence-electron chi connectivity index (χ4n) is 3.92. The summed E-state index contributed by atoms with van der Waals surface area (Å²) in [6.07, 6.45) is -0.595. The van der Waals surface area contributed by atoms with Crippen molar-refractivity contribution < 1.29 is 23.4 Å². The van der Waals surface area contributed by atoms with E-state index in [0.717, 1.165) is 11.1 Å². The molecule has 0 bridgehead atoms. The van der Waals surface area contributed by atoms with E-state index in [1.54, 1.807) is 19.1 Å². The summed E-state index contributed by atoms with van der Waals surface area (Å²) in [5.41, 5.74) is 3.75. The molecule has 2 heterocycles. The van der Waals surface area contributed by atoms with Gasteiger partial charge in [0.05, 0.1) is 43.4 Å². The monoisotopic (exact) mass is 471 g/mol. The first-order chi connectivity index (χ1) is 16.5. The normalized spacial score (nSPS) is 15.7. The minimum Gasteiger partial charge on any atom is -0.442 e. The molecule has 1 atom stereocenters. The molecule has 34 heavy (non-hydrogen) atoms. The van der Waals surface area contributed by atoms with Crippen LogP contribution >= 0.6 is 0 Å². The smallest absolute Gasteiger partial charge is 0.414 e. The Bertz CT molecular complexity index is 1140. The molecule has 0 saturated carbocycles. The molecule has 0 spiro atoms. The molecular formula is C24H27F2N5O3. The first kappa shape index (κ1) is 23.8. The van der Waals surface area contributed by atoms with Gasteiger partial charge in [0, 0.05) is 12.1 Å². The molecule has 1 amide bonds. The number of halogens is 2. The van der Waals surface area contributed by atoms with Crippen LogP contribution in [0.2, 0.25) is 0 Å². The summed E-state index contributed by atoms with van der Waals surface area (Å²) in [4.78, 5) is 13.8. The predicted octanol–water partition coefficient (Wildman–Crippen LogP) is 3.36. The van der Waals surface area contributed by atoms with Crippen LogP contribution in [0.15, 0.2) is 42.5 Å². The molecule has 3 aromatic rings. The van der Waals surface area contributed by atoms with Crippen LogP contribution < -0.4 is 10.2 Å². The van der Waals surface area contributed by atoms with Crippen molar-refractivity contribution in [3.63, 3.8) is 0 Å². The molecule has 0 aliphatic carbocycles. The van der Waals surface area contributed by atoms with Crippen molar-refractivity contribution in [3.8, 4) is 11.1 Å². The quantitative estimate of drug-likeness (QED) is 0.441. The number of aryl methyl sites for hydroxylation is 1. The van der Waals surface area contributed by atoms with E-state index < -0.39 is 18.0 Å². The third-order valence-corrected chi connectivity index (χ3v) is 5.78. The largest absolute Gasteiger partial charge is 0.442 e. The Hall–Kier alpha value is -3.37. The highest BCUT2D eigenvalue weighted by Gasteiger charge is 2.33. The van der Waals surface area contributed by atoms with Crippen LogP contribution in [0.3, 0.4) is 0 Å². The molecule has 8 nitrogen and oxygen atoms in total. The van der Waals surface area contributed by atoms with Crippen molar-refractivity contribution >= 4 is 11.8 Å². The highest BCUT2D eigenvalue weighted by atomic mass is 19.1. The minimum atomic E-state index is -0.566. The summed E-state index contributed by atoms with van der Waals surface area (Å²) in [5.74, 6) is -0.447. The summed E-state index contributed by atoms with van der Waals surface area (Å²) >= 11 is 0. The number of anilines is 1. The average molecular weight is 472 g/mol. The van der Waals surface area contributed by atoms with E-state index in [9.17, 15) is 18.7 Å². The zero-order chi connectivity index (χ0) is 24.1. The first-order valence-electron chi connectivity index (χ1n) is 11.1. The SMILES string of the molecule is Cc1nnn(CC2CN(c3ccc(-c4ccc(CNCCCF)cc4)c(F)c3)C(=O)O2)c1CO. The van der Waals surface area contributed by atoms with Gasteiger partial charge in [-0.3, -0.25) is 9.29 Å². The second kappa shape index (κ2) is 10.7. The molecule has 1 aromatic heterocycles. The second-order valence-corrected chi connectivity index (χ2v) is 8.16. The number of aromatic nitrogens is 3. The Morgan fingerprint density at radius 3 is 2.74 bits per heavy atom. The maximum atomic E-state index is 15.0. The summed E-state index contributed by atoms with van der Waals surface area (Å²) < 4.78 is 34.1. The first-order valence-corrected chi connectivity index (χ1v) is 11.1. The van der Waals surface area contributed by atoms with Gasteiger partial charge in [-0.15, -0.1) is 5.10 Å². The van der Waals surface area contributed by atoms with Gasteiger partial charge in [0.1, 0.15) is 11.9 Å². The number of aliphatic hydroxyl groups is 1. The number of carbonyl (C=O) groups is 1. The van der Waals surface area contributed by atoms with Crippen LogP contribution in [-0.4, -0.2) is 52.1 Å². The number of hydrogen-bond acceptors (Lipinski definition) is 6. The second-order valence-electron chi connectivity index (χ2n) is 8.16. The Balaban J connectivity index is 1.42. The molecule has 2 N–H and O–H groups in total. The third-order valence-electron chi connectivity index (χ3n) is 5.78. The van der Waals surface area contributed by atoms with Crippen molar-refractivity contribution in [3.05, 3.63) is 65.2 Å². The molecule has 1 saturated heterocycles. The average Bonchev–Trinajstić information content (AvgIpc) is 3.38. The van der Waals surface area contributed by atoms with E-state index in [0.29, 0.717) is 42.1 Å². The van der Waals surface area contributed by atoms with Gasteiger partial charge in [0.15, 0.2) is 0 Å². The van der Waals surface area contributed by atoms with Gasteiger partial charge in [0.2, 0.25) is 0 Å². The van der Waals surface area contributed by atoms with Gasteiger partial charge >= 0.3 is 6.09 Å². The van der Waals surface area contributed by atoms with Crippen LogP contribution in [0.5, 0.6) is 0 Å². The van der Waals surface area contributed by atoms with Gasteiger partial charge in [-0.1, -0.05) is 29.5 Å². The number of benzene rings is 2. The van der Waals surface area contributed by atoms with Gasteiger partial charge in [-0.25, -0.2) is 13.9 Å². The molecular weight excluding hydrogens is 444 g/mol. The standard InChI is InChI=1S/C24H27F2N5O3/c1-16-23(15-32)31(29-28-16)14-20-13-30(24(33)34-20)19-7-8-21(22(26)11-19)18-5-3-17(4-6-18)12-27-10-2-9-25/h3-8,11,20,27,32H,2,9-10,12-15H2,1H3. The number of cyclic esters (lactones) is 1. The lowest BCUT2D eigenvalue weighted by Crippen LogP contribution is -2.26. The lowest BCUT2D eigenvalue weighted by molar-refractivity contribution is 0.127. The molecule has 1 fully saturated rings. The lowest BCUT2D eigenvalue weighted by Gasteiger charge is -2.15. The predicted molar refractivity (Wildman–Crippen MR) is 122 cm³/mol. The number of rotatable bonds is 10. The van der Waals surface area contributed by atoms with Crippen LogP contribution in [0, 0.1) is 12.7 Å². The number of aliphatic hydroxyl groups excluding tert-OH is 1. The molecule has 1 unspecified atom stereocenters. The lowest BCUT2D eigenvalue weighted by atomic mass is 10.0. The zero-order valence-electron chi connectivity index (χ0n) is 18.9. The Kier molecular flexibility index (Phi) is 7.49. The number of alkyl halides is 1. The Morgan fingerprint density at radius 1 is 1.24 bits per heavy atom. The van der Waals surface area contributed by atoms with E-state index in [-0.39, 0.29) is 26.4 Å². The highest BCUT2D eigenvalue weighted by molar-refractivity contribution is 5.90. The van der Waals surface area contributed by atoms with Gasteiger partial charge in [0.25, 0.3) is 0 Å². The molecule has 2 aromatic carbocycles. The molecule has 180 valence electrons. The van der Waals surface area contributed by atoms with Crippen LogP contribution in [0.1, 0.15) is 23.4 Å². The number of amides is 1. The number of hydrogen-bond donors (Lipinski definition) is 2. The molecule has 10 heteroatoms. The van der Waals surface area contributed by atoms with E-state index in [4.69, 9.17) is 4.74 Å². The zero-order valence-corrected chi connectivity index (χ0v) is 18.9. The minimum absolute atomic E-state index is 0.216. The Morgan fingerprint density at radius 2 is 2.03 bits per heavy atom. The molecule has 1 aliphatic rings. The Labute approximate surface area is 196 Å². The maximum Gasteiger partial charge on any atom is 0.414 e. The highest BCUT2D eigenvalue weighted by Crippen LogP contribution is 2.29. The van der Waals surface area contributed by atoms with Crippen molar-refractivity contribution in [2.75, 3.05) is 24.7 Å². The van der Waals surface area contributed by atoms with Crippen molar-refractivity contribution in [2.45, 2.75) is 39.1 Å². The van der Waals surface area contributed by atoms with E-state index in [2.05, 4.69) is 15.6 Å². The number of nitrogens with zero attached hydrogens (tertiary/aromatic N) is 4. The summed E-state index contributed by atoms with van der Waals surface area (Å²) in [6, 6.07) is 12.1. The van der Waals surface area contributed by atoms with Crippen molar-refractivity contribution in [1.29, 1.82) is 0 Å². The summed E-state index contributed by atoms with van der Waals surface area (Å²) in [6.45, 7) is 2.88. The maximum absolute atomic E-state index is 15.0. The molecule has 1 aliphatic heterocycles. The van der Waals surface area contributed by atoms with Crippen molar-refractivity contribution in [2.24, 2.45) is 0 Å². The van der Waals surface area contributed by atoms with Gasteiger partial charge in [-0.05, 0) is 49.2 Å². The fraction of sp³-hybridized carbons (Fsp3) is 0.375. The van der Waals surface area contributed by atoms with Gasteiger partial charge in [-0.2, -0.15) is 0 Å². The number of nitrogens with one attached hydrogen (secondary N) is 1. The molecule has 0 radical (unpaired) electrons. The third kappa shape index (κ3) is 5.23. The summed E-state index contributed by atoms with van der Waals surface area (Å²) in [5, 5.41) is 20.6. The summed E-state index contributed by atoms with van der Waals surface area (Å²) in [7, 11) is 0. The van der Waals surface area contributed by atoms with E-state index in [1.165, 1.54) is 15.6 Å². The number of ether oxygens (including phenoxy) is 1. The van der Waals surface area contributed by atoms with E-state index in [1.807, 2.05) is 24.3 Å². The van der Waals surface area contributed by atoms with Crippen LogP contribution in [0.25, 0.3) is 11.1 Å². The molecule has 4 rings (SSSR count). The van der Waals surface area contributed by atoms with Crippen molar-refractivity contribution in [1.82, 2.24) is 20.3 Å².